The van der Waals surface area contributed by atoms with Crippen molar-refractivity contribution in [3.05, 3.63) is 17.5 Å². The summed E-state index contributed by atoms with van der Waals surface area (Å²) >= 11 is 0. The fourth-order valence-electron chi connectivity index (χ4n) is 3.63. The quantitative estimate of drug-likeness (QED) is 0.832. The average Bonchev–Trinajstić information content (AvgIpc) is 2.76. The molecule has 0 aliphatic carbocycles. The van der Waals surface area contributed by atoms with Crippen LogP contribution in [-0.2, 0) is 9.47 Å². The zero-order valence-electron chi connectivity index (χ0n) is 15.4. The minimum absolute atomic E-state index is 0.166. The lowest BCUT2D eigenvalue weighted by molar-refractivity contribution is -0.0310. The number of nitrogens with zero attached hydrogens (tertiary/aromatic N) is 3. The first-order chi connectivity index (χ1) is 11.3. The largest absolute Gasteiger partial charge is 0.444 e. The molecule has 6 nitrogen and oxygen atoms in total. The van der Waals surface area contributed by atoms with E-state index in [9.17, 15) is 4.79 Å². The molecule has 2 atom stereocenters. The van der Waals surface area contributed by atoms with Crippen LogP contribution in [0, 0.1) is 6.92 Å². The molecule has 1 amide bonds. The summed E-state index contributed by atoms with van der Waals surface area (Å²) in [4.78, 5) is 14.2. The predicted octanol–water partition coefficient (Wildman–Crippen LogP) is 3.27. The highest BCUT2D eigenvalue weighted by Crippen LogP contribution is 2.35. The molecule has 0 unspecified atom stereocenters. The molecule has 2 fully saturated rings. The number of rotatable bonds is 2. The van der Waals surface area contributed by atoms with Gasteiger partial charge in [0.1, 0.15) is 5.60 Å². The van der Waals surface area contributed by atoms with Crippen molar-refractivity contribution in [1.29, 1.82) is 0 Å². The van der Waals surface area contributed by atoms with Crippen LogP contribution in [0.1, 0.15) is 63.8 Å². The number of carbonyl (C=O) groups is 1. The number of likely N-dealkylation sites (tertiary alicyclic amines) is 1. The third-order valence-corrected chi connectivity index (χ3v) is 4.88. The highest BCUT2D eigenvalue weighted by Gasteiger charge is 2.35. The number of hydrogen-bond acceptors (Lipinski definition) is 4. The Kier molecular flexibility index (Phi) is 4.60. The second-order valence-electron chi connectivity index (χ2n) is 8.09. The number of hydrogen-bond donors (Lipinski definition) is 0. The van der Waals surface area contributed by atoms with Gasteiger partial charge in [-0.1, -0.05) is 0 Å². The van der Waals surface area contributed by atoms with E-state index in [0.29, 0.717) is 12.0 Å². The van der Waals surface area contributed by atoms with Crippen LogP contribution in [-0.4, -0.2) is 52.2 Å². The van der Waals surface area contributed by atoms with Gasteiger partial charge in [0.2, 0.25) is 0 Å². The van der Waals surface area contributed by atoms with Crippen LogP contribution in [0.15, 0.2) is 6.20 Å². The lowest BCUT2D eigenvalue weighted by atomic mass is 9.87. The molecule has 3 rings (SSSR count). The first-order valence-corrected chi connectivity index (χ1v) is 8.87. The molecule has 0 saturated carbocycles. The van der Waals surface area contributed by atoms with Crippen molar-refractivity contribution < 1.29 is 14.3 Å². The molecule has 2 aliphatic heterocycles. The van der Waals surface area contributed by atoms with Gasteiger partial charge in [-0.2, -0.15) is 5.10 Å². The van der Waals surface area contributed by atoms with Gasteiger partial charge in [0.05, 0.1) is 25.5 Å². The predicted molar refractivity (Wildman–Crippen MR) is 91.2 cm³/mol. The Bertz CT molecular complexity index is 601. The molecule has 0 N–H and O–H groups in total. The standard InChI is InChI=1S/C18H29N3O3/c1-12-9-19-21(15-10-23-11-15)16(12)14-6-7-20(13(2)8-14)17(22)24-18(3,4)5/h9,13-15H,6-8,10-11H2,1-5H3/t13-,14+/m1/s1. The van der Waals surface area contributed by atoms with Crippen LogP contribution in [0.2, 0.25) is 0 Å². The smallest absolute Gasteiger partial charge is 0.410 e. The van der Waals surface area contributed by atoms with E-state index < -0.39 is 5.60 Å². The summed E-state index contributed by atoms with van der Waals surface area (Å²) in [5, 5.41) is 4.57. The summed E-state index contributed by atoms with van der Waals surface area (Å²) in [5.41, 5.74) is 2.11. The van der Waals surface area contributed by atoms with Crippen molar-refractivity contribution in [2.45, 2.75) is 71.1 Å². The summed E-state index contributed by atoms with van der Waals surface area (Å²) in [6, 6.07) is 0.534. The van der Waals surface area contributed by atoms with Crippen molar-refractivity contribution in [1.82, 2.24) is 14.7 Å². The lowest BCUT2D eigenvalue weighted by Crippen LogP contribution is -2.46. The molecule has 0 radical (unpaired) electrons. The molecule has 2 aliphatic rings. The SMILES string of the molecule is Cc1cnn(C2COC2)c1[C@H]1CCN(C(=O)OC(C)(C)C)[C@H](C)C1. The van der Waals surface area contributed by atoms with E-state index in [4.69, 9.17) is 9.47 Å². The fourth-order valence-corrected chi connectivity index (χ4v) is 3.63. The second kappa shape index (κ2) is 6.39. The average molecular weight is 335 g/mol. The fraction of sp³-hybridized carbons (Fsp3) is 0.778. The number of ether oxygens (including phenoxy) is 2. The number of aromatic nitrogens is 2. The number of amides is 1. The van der Waals surface area contributed by atoms with Crippen molar-refractivity contribution in [2.24, 2.45) is 0 Å². The van der Waals surface area contributed by atoms with Gasteiger partial charge in [0, 0.05) is 24.2 Å². The van der Waals surface area contributed by atoms with Gasteiger partial charge in [0.15, 0.2) is 0 Å². The summed E-state index contributed by atoms with van der Waals surface area (Å²) in [6.07, 6.45) is 3.65. The van der Waals surface area contributed by atoms with Crippen LogP contribution in [0.3, 0.4) is 0 Å². The Hall–Kier alpha value is -1.56. The van der Waals surface area contributed by atoms with E-state index in [-0.39, 0.29) is 12.1 Å². The highest BCUT2D eigenvalue weighted by atomic mass is 16.6. The highest BCUT2D eigenvalue weighted by molar-refractivity contribution is 5.68. The Morgan fingerprint density at radius 2 is 2.08 bits per heavy atom. The molecule has 0 bridgehead atoms. The van der Waals surface area contributed by atoms with Gasteiger partial charge in [0.25, 0.3) is 0 Å². The van der Waals surface area contributed by atoms with Crippen molar-refractivity contribution in [2.75, 3.05) is 19.8 Å². The van der Waals surface area contributed by atoms with E-state index >= 15 is 0 Å². The van der Waals surface area contributed by atoms with E-state index in [1.807, 2.05) is 31.9 Å². The molecule has 3 heterocycles. The Labute approximate surface area is 144 Å². The first-order valence-electron chi connectivity index (χ1n) is 8.87. The van der Waals surface area contributed by atoms with Crippen LogP contribution in [0.25, 0.3) is 0 Å². The molecular formula is C18H29N3O3. The Balaban J connectivity index is 1.70. The number of piperidine rings is 1. The van der Waals surface area contributed by atoms with Gasteiger partial charge in [-0.3, -0.25) is 4.68 Å². The maximum absolute atomic E-state index is 12.4. The minimum Gasteiger partial charge on any atom is -0.444 e. The van der Waals surface area contributed by atoms with Gasteiger partial charge < -0.3 is 14.4 Å². The molecule has 0 spiro atoms. The molecule has 0 aromatic carbocycles. The topological polar surface area (TPSA) is 56.6 Å². The van der Waals surface area contributed by atoms with Crippen molar-refractivity contribution >= 4 is 6.09 Å². The zero-order valence-corrected chi connectivity index (χ0v) is 15.4. The molecule has 1 aromatic heterocycles. The Morgan fingerprint density at radius 1 is 1.38 bits per heavy atom. The van der Waals surface area contributed by atoms with E-state index in [1.54, 1.807) is 0 Å². The van der Waals surface area contributed by atoms with Gasteiger partial charge in [-0.05, 0) is 53.0 Å². The minimum atomic E-state index is -0.451. The number of aryl methyl sites for hydroxylation is 1. The van der Waals surface area contributed by atoms with Gasteiger partial charge in [-0.15, -0.1) is 0 Å². The van der Waals surface area contributed by atoms with Gasteiger partial charge >= 0.3 is 6.09 Å². The maximum Gasteiger partial charge on any atom is 0.410 e. The molecule has 24 heavy (non-hydrogen) atoms. The summed E-state index contributed by atoms with van der Waals surface area (Å²) in [7, 11) is 0. The molecule has 2 saturated heterocycles. The van der Waals surface area contributed by atoms with Crippen LogP contribution in [0.4, 0.5) is 4.79 Å². The molecular weight excluding hydrogens is 306 g/mol. The van der Waals surface area contributed by atoms with E-state index in [2.05, 4.69) is 23.6 Å². The van der Waals surface area contributed by atoms with Crippen LogP contribution < -0.4 is 0 Å². The van der Waals surface area contributed by atoms with Crippen LogP contribution >= 0.6 is 0 Å². The third kappa shape index (κ3) is 3.43. The second-order valence-corrected chi connectivity index (χ2v) is 8.09. The summed E-state index contributed by atoms with van der Waals surface area (Å²) in [5.74, 6) is 0.432. The summed E-state index contributed by atoms with van der Waals surface area (Å²) < 4.78 is 13.0. The number of carbonyl (C=O) groups excluding carboxylic acids is 1. The first kappa shape index (κ1) is 17.3. The maximum atomic E-state index is 12.4. The van der Waals surface area contributed by atoms with Gasteiger partial charge in [-0.25, -0.2) is 4.79 Å². The van der Waals surface area contributed by atoms with E-state index in [1.165, 1.54) is 11.3 Å². The molecule has 1 aromatic rings. The Morgan fingerprint density at radius 3 is 2.62 bits per heavy atom. The van der Waals surface area contributed by atoms with E-state index in [0.717, 1.165) is 32.6 Å². The molecule has 6 heteroatoms. The summed E-state index contributed by atoms with van der Waals surface area (Å²) in [6.45, 7) is 12.2. The zero-order chi connectivity index (χ0) is 17.5. The third-order valence-electron chi connectivity index (χ3n) is 4.88. The monoisotopic (exact) mass is 335 g/mol. The van der Waals surface area contributed by atoms with Crippen LogP contribution in [0.5, 0.6) is 0 Å². The van der Waals surface area contributed by atoms with Crippen molar-refractivity contribution in [3.63, 3.8) is 0 Å². The lowest BCUT2D eigenvalue weighted by Gasteiger charge is -2.39. The van der Waals surface area contributed by atoms with Crippen molar-refractivity contribution in [3.8, 4) is 0 Å². The molecule has 134 valence electrons. The normalized spacial score (nSPS) is 25.5.